The second-order valence-electron chi connectivity index (χ2n) is 6.37. The van der Waals surface area contributed by atoms with E-state index in [1.54, 1.807) is 13.2 Å². The van der Waals surface area contributed by atoms with Crippen LogP contribution in [0.5, 0.6) is 11.5 Å². The summed E-state index contributed by atoms with van der Waals surface area (Å²) in [5.41, 5.74) is 2.10. The molecule has 148 valence electrons. The van der Waals surface area contributed by atoms with E-state index < -0.39 is 0 Å². The summed E-state index contributed by atoms with van der Waals surface area (Å²) in [5.74, 6) is 1.38. The van der Waals surface area contributed by atoms with E-state index in [1.165, 1.54) is 6.42 Å². The third-order valence-corrected chi connectivity index (χ3v) is 4.36. The molecule has 27 heavy (non-hydrogen) atoms. The third-order valence-electron chi connectivity index (χ3n) is 4.14. The molecule has 0 unspecified atom stereocenters. The highest BCUT2D eigenvalue weighted by Gasteiger charge is 2.13. The van der Waals surface area contributed by atoms with Crippen LogP contribution in [0.3, 0.4) is 0 Å². The smallest absolute Gasteiger partial charge is 0.166 e. The summed E-state index contributed by atoms with van der Waals surface area (Å²) in [5, 5.41) is 4.07. The second kappa shape index (κ2) is 12.6. The largest absolute Gasteiger partial charge is 0.493 e. The molecule has 4 nitrogen and oxygen atoms in total. The lowest BCUT2D eigenvalue weighted by molar-refractivity contribution is 0.128. The van der Waals surface area contributed by atoms with Gasteiger partial charge in [0.1, 0.15) is 6.61 Å². The Morgan fingerprint density at radius 1 is 1.04 bits per heavy atom. The predicted octanol–water partition coefficient (Wildman–Crippen LogP) is 5.22. The number of nitrogens with one attached hydrogen (secondary N) is 1. The zero-order valence-corrected chi connectivity index (χ0v) is 17.1. The van der Waals surface area contributed by atoms with Crippen molar-refractivity contribution in [1.82, 2.24) is 5.32 Å². The lowest BCUT2D eigenvalue weighted by Crippen LogP contribution is -2.17. The van der Waals surface area contributed by atoms with Crippen LogP contribution in [0.1, 0.15) is 37.3 Å². The first-order valence-electron chi connectivity index (χ1n) is 9.56. The zero-order valence-electron chi connectivity index (χ0n) is 16.3. The fourth-order valence-corrected chi connectivity index (χ4v) is 2.90. The fourth-order valence-electron chi connectivity index (χ4n) is 2.67. The summed E-state index contributed by atoms with van der Waals surface area (Å²) < 4.78 is 17.1. The summed E-state index contributed by atoms with van der Waals surface area (Å²) in [6.07, 6.45) is 3.26. The van der Waals surface area contributed by atoms with Gasteiger partial charge in [-0.2, -0.15) is 0 Å². The van der Waals surface area contributed by atoms with E-state index in [1.807, 2.05) is 36.4 Å². The van der Waals surface area contributed by atoms with Crippen molar-refractivity contribution in [2.24, 2.45) is 0 Å². The Balaban J connectivity index is 1.90. The first-order valence-corrected chi connectivity index (χ1v) is 9.94. The van der Waals surface area contributed by atoms with E-state index >= 15 is 0 Å². The molecule has 0 atom stereocenters. The van der Waals surface area contributed by atoms with Crippen LogP contribution in [-0.2, 0) is 17.9 Å². The number of hydrogen-bond acceptors (Lipinski definition) is 4. The van der Waals surface area contributed by atoms with Gasteiger partial charge in [0.2, 0.25) is 0 Å². The van der Waals surface area contributed by atoms with Gasteiger partial charge in [-0.15, -0.1) is 0 Å². The maximum atomic E-state index is 6.25. The molecule has 0 spiro atoms. The molecule has 0 aliphatic carbocycles. The number of unbranched alkanes of at least 4 members (excludes halogenated alkanes) is 1. The van der Waals surface area contributed by atoms with Crippen LogP contribution in [0, 0.1) is 0 Å². The maximum absolute atomic E-state index is 6.25. The summed E-state index contributed by atoms with van der Waals surface area (Å²) in [7, 11) is 1.63. The van der Waals surface area contributed by atoms with Crippen molar-refractivity contribution in [3.8, 4) is 11.5 Å². The fraction of sp³-hybridized carbons (Fsp3) is 0.455. The summed E-state index contributed by atoms with van der Waals surface area (Å²) in [6, 6.07) is 13.8. The van der Waals surface area contributed by atoms with Gasteiger partial charge in [0.05, 0.1) is 7.11 Å². The Kier molecular flexibility index (Phi) is 10.1. The van der Waals surface area contributed by atoms with Crippen LogP contribution in [0.2, 0.25) is 5.02 Å². The van der Waals surface area contributed by atoms with Gasteiger partial charge < -0.3 is 19.5 Å². The Morgan fingerprint density at radius 3 is 2.56 bits per heavy atom. The summed E-state index contributed by atoms with van der Waals surface area (Å²) >= 11 is 6.25. The van der Waals surface area contributed by atoms with E-state index in [2.05, 4.69) is 12.2 Å². The quantitative estimate of drug-likeness (QED) is 0.475. The van der Waals surface area contributed by atoms with E-state index in [0.717, 1.165) is 49.5 Å². The van der Waals surface area contributed by atoms with Gasteiger partial charge in [0.15, 0.2) is 11.5 Å². The average molecular weight is 392 g/mol. The summed E-state index contributed by atoms with van der Waals surface area (Å²) in [6.45, 7) is 5.82. The van der Waals surface area contributed by atoms with E-state index in [4.69, 9.17) is 25.8 Å². The van der Waals surface area contributed by atoms with Crippen LogP contribution in [0.25, 0.3) is 0 Å². The zero-order chi connectivity index (χ0) is 19.3. The lowest BCUT2D eigenvalue weighted by atomic mass is 10.1. The predicted molar refractivity (Wildman–Crippen MR) is 111 cm³/mol. The van der Waals surface area contributed by atoms with Crippen molar-refractivity contribution in [3.05, 3.63) is 58.6 Å². The molecule has 0 saturated heterocycles. The van der Waals surface area contributed by atoms with Crippen LogP contribution in [-0.4, -0.2) is 26.9 Å². The second-order valence-corrected chi connectivity index (χ2v) is 6.80. The molecule has 2 aromatic rings. The van der Waals surface area contributed by atoms with Crippen molar-refractivity contribution in [3.63, 3.8) is 0 Å². The van der Waals surface area contributed by atoms with Crippen molar-refractivity contribution in [2.45, 2.75) is 39.3 Å². The van der Waals surface area contributed by atoms with Gasteiger partial charge in [0, 0.05) is 36.4 Å². The van der Waals surface area contributed by atoms with Crippen LogP contribution in [0.4, 0.5) is 0 Å². The molecule has 0 amide bonds. The minimum absolute atomic E-state index is 0.483. The van der Waals surface area contributed by atoms with Crippen molar-refractivity contribution < 1.29 is 14.2 Å². The highest BCUT2D eigenvalue weighted by molar-refractivity contribution is 6.30. The minimum Gasteiger partial charge on any atom is -0.493 e. The third kappa shape index (κ3) is 7.79. The molecule has 2 aromatic carbocycles. The average Bonchev–Trinajstić information content (AvgIpc) is 2.69. The van der Waals surface area contributed by atoms with Crippen LogP contribution in [0.15, 0.2) is 42.5 Å². The molecule has 0 heterocycles. The summed E-state index contributed by atoms with van der Waals surface area (Å²) in [4.78, 5) is 0. The Labute approximate surface area is 167 Å². The number of rotatable bonds is 13. The normalized spacial score (nSPS) is 10.8. The van der Waals surface area contributed by atoms with Gasteiger partial charge in [-0.25, -0.2) is 0 Å². The molecule has 0 bridgehead atoms. The highest BCUT2D eigenvalue weighted by Crippen LogP contribution is 2.35. The molecule has 0 saturated carbocycles. The first kappa shape index (κ1) is 21.5. The monoisotopic (exact) mass is 391 g/mol. The molecule has 2 rings (SSSR count). The van der Waals surface area contributed by atoms with E-state index in [9.17, 15) is 0 Å². The Morgan fingerprint density at radius 2 is 1.81 bits per heavy atom. The molecule has 5 heteroatoms. The highest BCUT2D eigenvalue weighted by atomic mass is 35.5. The standard InChI is InChI=1S/C22H30ClNO3/c1-3-4-12-26-13-8-11-24-16-19-14-20(23)15-21(25-2)22(19)27-17-18-9-6-5-7-10-18/h5-7,9-10,14-15,24H,3-4,8,11-13,16-17H2,1-2H3. The lowest BCUT2D eigenvalue weighted by Gasteiger charge is -2.16. The van der Waals surface area contributed by atoms with Crippen molar-refractivity contribution in [2.75, 3.05) is 26.9 Å². The number of benzene rings is 2. The Hall–Kier alpha value is -1.75. The Bertz CT molecular complexity index is 664. The van der Waals surface area contributed by atoms with Gasteiger partial charge in [0.25, 0.3) is 0 Å². The molecular weight excluding hydrogens is 362 g/mol. The molecule has 0 aromatic heterocycles. The van der Waals surface area contributed by atoms with Gasteiger partial charge in [-0.05, 0) is 31.0 Å². The molecule has 0 fully saturated rings. The molecule has 0 radical (unpaired) electrons. The van der Waals surface area contributed by atoms with Crippen molar-refractivity contribution >= 4 is 11.6 Å². The van der Waals surface area contributed by atoms with Gasteiger partial charge in [-0.3, -0.25) is 0 Å². The van der Waals surface area contributed by atoms with Gasteiger partial charge >= 0.3 is 0 Å². The molecular formula is C22H30ClNO3. The van der Waals surface area contributed by atoms with Crippen LogP contribution < -0.4 is 14.8 Å². The molecule has 0 aliphatic heterocycles. The van der Waals surface area contributed by atoms with Crippen molar-refractivity contribution in [1.29, 1.82) is 0 Å². The number of hydrogen-bond donors (Lipinski definition) is 1. The minimum atomic E-state index is 0.483. The van der Waals surface area contributed by atoms with E-state index in [-0.39, 0.29) is 0 Å². The number of ether oxygens (including phenoxy) is 3. The number of halogens is 1. The SMILES string of the molecule is CCCCOCCCNCc1cc(Cl)cc(OC)c1OCc1ccccc1. The number of methoxy groups -OCH3 is 1. The molecule has 0 aliphatic rings. The topological polar surface area (TPSA) is 39.7 Å². The first-order chi connectivity index (χ1) is 13.2. The maximum Gasteiger partial charge on any atom is 0.166 e. The van der Waals surface area contributed by atoms with Gasteiger partial charge in [-0.1, -0.05) is 55.3 Å². The van der Waals surface area contributed by atoms with Crippen LogP contribution >= 0.6 is 11.6 Å². The molecule has 1 N–H and O–H groups in total. The van der Waals surface area contributed by atoms with E-state index in [0.29, 0.717) is 23.9 Å².